The molecule has 0 saturated heterocycles. The Kier molecular flexibility index (Phi) is 5.58. The average molecular weight is 526 g/mol. The molecule has 1 heterocycles. The Hall–Kier alpha value is -2.64. The molecule has 2 N–H and O–H groups in total. The van der Waals surface area contributed by atoms with Crippen LogP contribution in [0.4, 0.5) is 36.4 Å². The van der Waals surface area contributed by atoms with Gasteiger partial charge in [0.1, 0.15) is 22.8 Å². The number of rotatable bonds is 6. The van der Waals surface area contributed by atoms with Crippen LogP contribution in [0.15, 0.2) is 23.1 Å². The number of hydrogen-bond donors (Lipinski definition) is 2. The molecule has 1 aromatic heterocycles. The summed E-state index contributed by atoms with van der Waals surface area (Å²) in [7, 11) is -3.44. The number of nitrogens with one attached hydrogen (secondary N) is 2. The van der Waals surface area contributed by atoms with Crippen molar-refractivity contribution in [3.05, 3.63) is 41.0 Å². The highest BCUT2D eigenvalue weighted by Gasteiger charge is 2.57. The summed E-state index contributed by atoms with van der Waals surface area (Å²) in [6.07, 6.45) is -6.02. The van der Waals surface area contributed by atoms with Gasteiger partial charge in [-0.25, -0.2) is 26.6 Å². The van der Waals surface area contributed by atoms with Gasteiger partial charge in [0.25, 0.3) is 5.91 Å². The number of amides is 1. The van der Waals surface area contributed by atoms with Crippen molar-refractivity contribution in [1.82, 2.24) is 9.78 Å². The minimum absolute atomic E-state index is 0.245. The molecule has 6 nitrogen and oxygen atoms in total. The molecule has 2 aliphatic carbocycles. The lowest BCUT2D eigenvalue weighted by Gasteiger charge is -2.44. The molecule has 2 fully saturated rings. The molecule has 0 aliphatic heterocycles. The molecular weight excluding hydrogens is 505 g/mol. The van der Waals surface area contributed by atoms with Gasteiger partial charge in [-0.3, -0.25) is 9.48 Å². The molecule has 14 heteroatoms. The molecule has 1 aromatic carbocycles. The van der Waals surface area contributed by atoms with E-state index in [4.69, 9.17) is 4.78 Å². The zero-order valence-corrected chi connectivity index (χ0v) is 19.3. The van der Waals surface area contributed by atoms with Crippen molar-refractivity contribution < 1.29 is 39.7 Å². The van der Waals surface area contributed by atoms with E-state index >= 15 is 0 Å². The molecule has 2 saturated carbocycles. The summed E-state index contributed by atoms with van der Waals surface area (Å²) in [5.41, 5.74) is -7.70. The van der Waals surface area contributed by atoms with E-state index in [9.17, 15) is 39.7 Å². The second kappa shape index (κ2) is 7.68. The molecule has 0 radical (unpaired) electrons. The third-order valence-electron chi connectivity index (χ3n) is 6.05. The van der Waals surface area contributed by atoms with Crippen LogP contribution in [0, 0.1) is 16.0 Å². The summed E-state index contributed by atoms with van der Waals surface area (Å²) >= 11 is 0. The first-order valence-corrected chi connectivity index (χ1v) is 12.4. The van der Waals surface area contributed by atoms with Gasteiger partial charge in [-0.2, -0.15) is 18.3 Å². The van der Waals surface area contributed by atoms with E-state index in [-0.39, 0.29) is 17.7 Å². The van der Waals surface area contributed by atoms with E-state index in [0.29, 0.717) is 4.68 Å². The summed E-state index contributed by atoms with van der Waals surface area (Å²) < 4.78 is 118. The fourth-order valence-corrected chi connectivity index (χ4v) is 5.15. The summed E-state index contributed by atoms with van der Waals surface area (Å²) in [4.78, 5) is 12.8. The van der Waals surface area contributed by atoms with E-state index in [1.165, 1.54) is 6.92 Å². The number of anilines is 1. The van der Waals surface area contributed by atoms with Crippen molar-refractivity contribution in [3.8, 4) is 0 Å². The van der Waals surface area contributed by atoms with Crippen LogP contribution in [0.3, 0.4) is 0 Å². The maximum atomic E-state index is 14.9. The monoisotopic (exact) mass is 526 g/mol. The van der Waals surface area contributed by atoms with Gasteiger partial charge in [0, 0.05) is 31.3 Å². The van der Waals surface area contributed by atoms with Gasteiger partial charge in [-0.05, 0) is 36.5 Å². The molecule has 1 atom stereocenters. The number of hydrogen-bond acceptors (Lipinski definition) is 4. The number of carbonyl (C=O) groups is 1. The van der Waals surface area contributed by atoms with E-state index in [1.54, 1.807) is 0 Å². The summed E-state index contributed by atoms with van der Waals surface area (Å²) in [6, 6.07) is 2.50. The van der Waals surface area contributed by atoms with Gasteiger partial charge in [-0.15, -0.1) is 0 Å². The first-order chi connectivity index (χ1) is 15.8. The molecule has 4 rings (SSSR count). The van der Waals surface area contributed by atoms with Gasteiger partial charge < -0.3 is 5.32 Å². The van der Waals surface area contributed by atoms with Crippen LogP contribution in [0.5, 0.6) is 0 Å². The van der Waals surface area contributed by atoms with Crippen molar-refractivity contribution >= 4 is 21.3 Å². The first-order valence-electron chi connectivity index (χ1n) is 10.4. The van der Waals surface area contributed by atoms with Gasteiger partial charge in [0.2, 0.25) is 5.92 Å². The van der Waals surface area contributed by atoms with Gasteiger partial charge in [-0.1, -0.05) is 6.92 Å². The Labute approximate surface area is 195 Å². The Bertz CT molecular complexity index is 1310. The number of alkyl halides is 6. The number of halogens is 7. The lowest BCUT2D eigenvalue weighted by atomic mass is 9.67. The zero-order valence-electron chi connectivity index (χ0n) is 18.5. The highest BCUT2D eigenvalue weighted by Crippen LogP contribution is 2.55. The predicted molar refractivity (Wildman–Crippen MR) is 111 cm³/mol. The topological polar surface area (TPSA) is 87.8 Å². The predicted octanol–water partition coefficient (Wildman–Crippen LogP) is 5.72. The molecule has 1 amide bonds. The normalized spacial score (nSPS) is 21.6. The Morgan fingerprint density at radius 1 is 1.20 bits per heavy atom. The van der Waals surface area contributed by atoms with Crippen LogP contribution in [-0.4, -0.2) is 32.1 Å². The lowest BCUT2D eigenvalue weighted by molar-refractivity contribution is -0.160. The van der Waals surface area contributed by atoms with Gasteiger partial charge in [0.05, 0.1) is 14.6 Å². The fraction of sp³-hybridized carbons (Fsp3) is 0.524. The smallest absolute Gasteiger partial charge is 0.321 e. The summed E-state index contributed by atoms with van der Waals surface area (Å²) in [6.45, 7) is 0.891. The van der Waals surface area contributed by atoms with Crippen molar-refractivity contribution in [2.45, 2.75) is 61.8 Å². The fourth-order valence-electron chi connectivity index (χ4n) is 4.46. The first kappa shape index (κ1) is 25.5. The van der Waals surface area contributed by atoms with Gasteiger partial charge >= 0.3 is 6.18 Å². The molecule has 0 spiro atoms. The van der Waals surface area contributed by atoms with Crippen molar-refractivity contribution in [2.75, 3.05) is 11.6 Å². The maximum absolute atomic E-state index is 14.9. The molecule has 192 valence electrons. The van der Waals surface area contributed by atoms with Crippen molar-refractivity contribution in [3.63, 3.8) is 0 Å². The third kappa shape index (κ3) is 5.02. The number of benzene rings is 1. The second-order valence-corrected chi connectivity index (χ2v) is 11.8. The van der Waals surface area contributed by atoms with Crippen LogP contribution < -0.4 is 5.32 Å². The Morgan fingerprint density at radius 2 is 1.80 bits per heavy atom. The molecule has 2 aromatic rings. The van der Waals surface area contributed by atoms with Crippen LogP contribution in [0.1, 0.15) is 54.4 Å². The highest BCUT2D eigenvalue weighted by molar-refractivity contribution is 7.91. The molecular formula is C21H21F7N4O2S. The SMILES string of the molecule is CC1(Cn2nc(C3(F)CC3)c(C(F)(F)F)c2C(=O)Nc2cc(F)cc([S@@](C)(=N)=O)c2)CC(F)(F)C1. The highest BCUT2D eigenvalue weighted by atomic mass is 32.2. The average Bonchev–Trinajstić information content (AvgIpc) is 3.25. The van der Waals surface area contributed by atoms with Crippen LogP contribution in [0.25, 0.3) is 0 Å². The quantitative estimate of drug-likeness (QED) is 0.472. The number of nitrogens with zero attached hydrogens (tertiary/aromatic N) is 2. The maximum Gasteiger partial charge on any atom is 0.420 e. The molecule has 35 heavy (non-hydrogen) atoms. The summed E-state index contributed by atoms with van der Waals surface area (Å²) in [5, 5.41) is 5.80. The van der Waals surface area contributed by atoms with Crippen LogP contribution in [-0.2, 0) is 28.1 Å². The molecule has 0 unspecified atom stereocenters. The zero-order chi connectivity index (χ0) is 26.2. The lowest BCUT2D eigenvalue weighted by Crippen LogP contribution is -2.47. The minimum Gasteiger partial charge on any atom is -0.321 e. The Morgan fingerprint density at radius 3 is 2.29 bits per heavy atom. The largest absolute Gasteiger partial charge is 0.420 e. The second-order valence-electron chi connectivity index (χ2n) is 9.69. The number of aromatic nitrogens is 2. The van der Waals surface area contributed by atoms with Crippen molar-refractivity contribution in [2.24, 2.45) is 5.41 Å². The minimum atomic E-state index is -5.21. The standard InChI is InChI=1S/C21H21F7N4O2S/c1-18(8-20(24,25)9-18)10-32-15(14(21(26,27)28)16(31-32)19(23)3-4-19)17(33)30-12-5-11(22)6-13(7-12)35(2,29)34/h5-7,29H,3-4,8-10H2,1-2H3,(H,30,33)/t35-/m0/s1. The molecule has 2 aliphatic rings. The van der Waals surface area contributed by atoms with E-state index in [0.717, 1.165) is 24.5 Å². The van der Waals surface area contributed by atoms with Crippen molar-refractivity contribution in [1.29, 1.82) is 4.78 Å². The third-order valence-corrected chi connectivity index (χ3v) is 7.18. The van der Waals surface area contributed by atoms with Gasteiger partial charge in [0.15, 0.2) is 5.67 Å². The Balaban J connectivity index is 1.80. The van der Waals surface area contributed by atoms with E-state index in [1.807, 2.05) is 0 Å². The van der Waals surface area contributed by atoms with Crippen LogP contribution in [0.2, 0.25) is 0 Å². The number of carbonyl (C=O) groups excluding carboxylic acids is 1. The van der Waals surface area contributed by atoms with E-state index in [2.05, 4.69) is 10.4 Å². The van der Waals surface area contributed by atoms with Crippen LogP contribution >= 0.6 is 0 Å². The molecule has 0 bridgehead atoms. The summed E-state index contributed by atoms with van der Waals surface area (Å²) in [5.74, 6) is -5.45. The van der Waals surface area contributed by atoms with E-state index < -0.39 is 86.7 Å².